The van der Waals surface area contributed by atoms with Crippen molar-refractivity contribution in [2.24, 2.45) is 0 Å². The summed E-state index contributed by atoms with van der Waals surface area (Å²) in [6.45, 7) is 6.12. The zero-order valence-corrected chi connectivity index (χ0v) is 16.2. The maximum absolute atomic E-state index is 13.0. The highest BCUT2D eigenvalue weighted by Gasteiger charge is 2.13. The maximum Gasteiger partial charge on any atom is 0.189 e. The quantitative estimate of drug-likeness (QED) is 0.324. The molecule has 2 aromatic carbocycles. The number of hydrogen-bond acceptors (Lipinski definition) is 4. The van der Waals surface area contributed by atoms with Crippen LogP contribution in [0.4, 0.5) is 0 Å². The second-order valence-corrected chi connectivity index (χ2v) is 5.98. The van der Waals surface area contributed by atoms with Gasteiger partial charge in [0, 0.05) is 22.8 Å². The van der Waals surface area contributed by atoms with Crippen molar-refractivity contribution in [3.63, 3.8) is 0 Å². The number of Topliss-reactive ketones (excluding diaryl/α,β-unsaturated/α-hetero) is 1. The summed E-state index contributed by atoms with van der Waals surface area (Å²) in [6.07, 6.45) is 5.13. The Labute approximate surface area is 161 Å². The molecule has 0 amide bonds. The van der Waals surface area contributed by atoms with E-state index in [0.29, 0.717) is 35.8 Å². The van der Waals surface area contributed by atoms with Gasteiger partial charge >= 0.3 is 0 Å². The minimum Gasteiger partial charge on any atom is -0.497 e. The Kier molecular flexibility index (Phi) is 7.68. The van der Waals surface area contributed by atoms with Crippen LogP contribution in [0.2, 0.25) is 0 Å². The minimum absolute atomic E-state index is 0.00462. The van der Waals surface area contributed by atoms with Gasteiger partial charge in [-0.3, -0.25) is 4.79 Å². The summed E-state index contributed by atoms with van der Waals surface area (Å²) in [5, 5.41) is 0. The molecular formula is C23H26O4. The molecule has 0 aromatic heterocycles. The lowest BCUT2D eigenvalue weighted by molar-refractivity contribution is 0.103. The van der Waals surface area contributed by atoms with Gasteiger partial charge in [-0.2, -0.15) is 0 Å². The van der Waals surface area contributed by atoms with E-state index < -0.39 is 0 Å². The molecular weight excluding hydrogens is 340 g/mol. The number of ether oxygens (including phenoxy) is 3. The van der Waals surface area contributed by atoms with Crippen molar-refractivity contribution in [3.05, 3.63) is 71.8 Å². The lowest BCUT2D eigenvalue weighted by Gasteiger charge is -2.11. The van der Waals surface area contributed by atoms with Crippen molar-refractivity contribution >= 4 is 11.9 Å². The molecule has 0 aliphatic heterocycles. The molecule has 142 valence electrons. The molecule has 0 bridgehead atoms. The van der Waals surface area contributed by atoms with Crippen molar-refractivity contribution in [3.8, 4) is 17.2 Å². The van der Waals surface area contributed by atoms with Crippen LogP contribution in [0.5, 0.6) is 17.2 Å². The normalized spacial score (nSPS) is 11.0. The lowest BCUT2D eigenvalue weighted by Crippen LogP contribution is -2.04. The van der Waals surface area contributed by atoms with Gasteiger partial charge in [0.15, 0.2) is 5.78 Å². The van der Waals surface area contributed by atoms with E-state index in [1.807, 2.05) is 24.3 Å². The van der Waals surface area contributed by atoms with Crippen LogP contribution in [0.1, 0.15) is 35.7 Å². The monoisotopic (exact) mass is 366 g/mol. The van der Waals surface area contributed by atoms with Crippen molar-refractivity contribution in [2.75, 3.05) is 20.8 Å². The topological polar surface area (TPSA) is 44.8 Å². The Morgan fingerprint density at radius 2 is 1.74 bits per heavy atom. The molecule has 0 aliphatic rings. The average Bonchev–Trinajstić information content (AvgIpc) is 2.72. The highest BCUT2D eigenvalue weighted by atomic mass is 16.5. The molecule has 0 fully saturated rings. The van der Waals surface area contributed by atoms with Crippen LogP contribution in [0.25, 0.3) is 6.08 Å². The fourth-order valence-electron chi connectivity index (χ4n) is 2.69. The lowest BCUT2D eigenvalue weighted by atomic mass is 9.97. The van der Waals surface area contributed by atoms with E-state index >= 15 is 0 Å². The van der Waals surface area contributed by atoms with Gasteiger partial charge in [-0.15, -0.1) is 0 Å². The van der Waals surface area contributed by atoms with Crippen LogP contribution >= 0.6 is 0 Å². The number of methoxy groups -OCH3 is 2. The van der Waals surface area contributed by atoms with E-state index in [4.69, 9.17) is 14.2 Å². The fourth-order valence-corrected chi connectivity index (χ4v) is 2.69. The Balaban J connectivity index is 2.31. The van der Waals surface area contributed by atoms with Crippen molar-refractivity contribution in [1.82, 2.24) is 0 Å². The molecule has 0 spiro atoms. The molecule has 2 rings (SSSR count). The van der Waals surface area contributed by atoms with Gasteiger partial charge in [0.2, 0.25) is 0 Å². The average molecular weight is 366 g/mol. The number of hydrogen-bond donors (Lipinski definition) is 0. The Morgan fingerprint density at radius 1 is 1.04 bits per heavy atom. The maximum atomic E-state index is 13.0. The zero-order chi connectivity index (χ0) is 19.6. The van der Waals surface area contributed by atoms with E-state index in [-0.39, 0.29) is 5.78 Å². The first-order chi connectivity index (χ1) is 13.1. The molecule has 0 N–H and O–H groups in total. The van der Waals surface area contributed by atoms with Crippen LogP contribution < -0.4 is 14.2 Å². The summed E-state index contributed by atoms with van der Waals surface area (Å²) in [6, 6.07) is 12.7. The minimum atomic E-state index is 0.00462. The van der Waals surface area contributed by atoms with Crippen LogP contribution in [-0.4, -0.2) is 26.6 Å². The molecule has 27 heavy (non-hydrogen) atoms. The molecule has 2 aromatic rings. The van der Waals surface area contributed by atoms with Gasteiger partial charge in [-0.05, 0) is 48.9 Å². The van der Waals surface area contributed by atoms with E-state index in [9.17, 15) is 4.79 Å². The van der Waals surface area contributed by atoms with Crippen LogP contribution in [0.3, 0.4) is 0 Å². The molecule has 4 nitrogen and oxygen atoms in total. The second kappa shape index (κ2) is 10.2. The third-order valence-corrected chi connectivity index (χ3v) is 4.07. The van der Waals surface area contributed by atoms with Gasteiger partial charge in [0.25, 0.3) is 0 Å². The summed E-state index contributed by atoms with van der Waals surface area (Å²) in [5.41, 5.74) is 2.22. The predicted octanol–water partition coefficient (Wildman–Crippen LogP) is 5.34. The van der Waals surface area contributed by atoms with Crippen LogP contribution in [0, 0.1) is 0 Å². The van der Waals surface area contributed by atoms with Gasteiger partial charge in [-0.25, -0.2) is 0 Å². The predicted molar refractivity (Wildman–Crippen MR) is 109 cm³/mol. The number of rotatable bonds is 10. The summed E-state index contributed by atoms with van der Waals surface area (Å²) in [5.74, 6) is 2.10. The standard InChI is InChI=1S/C23H26O4/c1-5-7-19(15-18-10-13-21(25-3)16-22(18)26-4)23(24)17-8-11-20(12-9-17)27-14-6-2/h6,8-13,15-16H,2,5,7,14H2,1,3-4H3. The number of carbonyl (C=O) groups excluding carboxylic acids is 1. The number of carbonyl (C=O) groups is 1. The highest BCUT2D eigenvalue weighted by molar-refractivity contribution is 6.11. The van der Waals surface area contributed by atoms with E-state index in [0.717, 1.165) is 17.6 Å². The van der Waals surface area contributed by atoms with Gasteiger partial charge < -0.3 is 14.2 Å². The van der Waals surface area contributed by atoms with Gasteiger partial charge in [-0.1, -0.05) is 26.0 Å². The first-order valence-electron chi connectivity index (χ1n) is 8.94. The van der Waals surface area contributed by atoms with E-state index in [1.165, 1.54) is 0 Å². The zero-order valence-electron chi connectivity index (χ0n) is 16.2. The Hall–Kier alpha value is -3.01. The highest BCUT2D eigenvalue weighted by Crippen LogP contribution is 2.28. The van der Waals surface area contributed by atoms with Gasteiger partial charge in [0.05, 0.1) is 14.2 Å². The van der Waals surface area contributed by atoms with E-state index in [2.05, 4.69) is 13.5 Å². The van der Waals surface area contributed by atoms with Crippen molar-refractivity contribution in [2.45, 2.75) is 19.8 Å². The molecule has 0 aliphatic carbocycles. The van der Waals surface area contributed by atoms with Crippen molar-refractivity contribution < 1.29 is 19.0 Å². The smallest absolute Gasteiger partial charge is 0.189 e. The number of benzene rings is 2. The SMILES string of the molecule is C=CCOc1ccc(C(=O)C(=Cc2ccc(OC)cc2OC)CCC)cc1. The Morgan fingerprint density at radius 3 is 2.33 bits per heavy atom. The molecule has 0 saturated heterocycles. The summed E-state index contributed by atoms with van der Waals surface area (Å²) in [7, 11) is 3.22. The number of ketones is 1. The molecule has 0 heterocycles. The molecule has 0 unspecified atom stereocenters. The van der Waals surface area contributed by atoms with E-state index in [1.54, 1.807) is 44.6 Å². The van der Waals surface area contributed by atoms with Gasteiger partial charge in [0.1, 0.15) is 23.9 Å². The fraction of sp³-hybridized carbons (Fsp3) is 0.261. The first-order valence-corrected chi connectivity index (χ1v) is 8.94. The molecule has 0 radical (unpaired) electrons. The summed E-state index contributed by atoms with van der Waals surface area (Å²) in [4.78, 5) is 13.0. The molecule has 0 atom stereocenters. The van der Waals surface area contributed by atoms with Crippen molar-refractivity contribution in [1.29, 1.82) is 0 Å². The summed E-state index contributed by atoms with van der Waals surface area (Å²) >= 11 is 0. The third kappa shape index (κ3) is 5.48. The third-order valence-electron chi connectivity index (χ3n) is 4.07. The van der Waals surface area contributed by atoms with Crippen LogP contribution in [0.15, 0.2) is 60.7 Å². The molecule has 0 saturated carbocycles. The number of allylic oxidation sites excluding steroid dienone is 1. The second-order valence-electron chi connectivity index (χ2n) is 5.98. The largest absolute Gasteiger partial charge is 0.497 e. The van der Waals surface area contributed by atoms with Crippen LogP contribution in [-0.2, 0) is 0 Å². The molecule has 4 heteroatoms. The Bertz CT molecular complexity index is 804. The first kappa shape index (κ1) is 20.3. The summed E-state index contributed by atoms with van der Waals surface area (Å²) < 4.78 is 16.2.